The van der Waals surface area contributed by atoms with Crippen LogP contribution in [0.2, 0.25) is 0 Å². The van der Waals surface area contributed by atoms with Crippen molar-refractivity contribution in [2.24, 2.45) is 5.10 Å². The molecule has 1 unspecified atom stereocenters. The van der Waals surface area contributed by atoms with Crippen LogP contribution in [0.4, 0.5) is 5.69 Å². The Labute approximate surface area is 136 Å². The molecule has 0 saturated carbocycles. The predicted molar refractivity (Wildman–Crippen MR) is 88.9 cm³/mol. The minimum absolute atomic E-state index is 0.0775. The van der Waals surface area contributed by atoms with Gasteiger partial charge in [-0.1, -0.05) is 6.07 Å². The number of amides is 1. The molecule has 3 aliphatic rings. The van der Waals surface area contributed by atoms with E-state index >= 15 is 0 Å². The number of nitrogens with zero attached hydrogens (tertiary/aromatic N) is 3. The SMILES string of the molecule is CC1C(=O)NN=C2COc3ccc(C4CCN(C)CC4)cc3N21. The average molecular weight is 314 g/mol. The molecule has 1 saturated heterocycles. The molecule has 0 bridgehead atoms. The molecule has 3 heterocycles. The Hall–Kier alpha value is -2.08. The largest absolute Gasteiger partial charge is 0.483 e. The molecule has 23 heavy (non-hydrogen) atoms. The number of hydrogen-bond donors (Lipinski definition) is 1. The summed E-state index contributed by atoms with van der Waals surface area (Å²) >= 11 is 0. The van der Waals surface area contributed by atoms with E-state index in [0.29, 0.717) is 12.5 Å². The smallest absolute Gasteiger partial charge is 0.262 e. The van der Waals surface area contributed by atoms with E-state index in [2.05, 4.69) is 34.6 Å². The van der Waals surface area contributed by atoms with Gasteiger partial charge in [-0.05, 0) is 63.5 Å². The van der Waals surface area contributed by atoms with Gasteiger partial charge in [-0.15, -0.1) is 0 Å². The highest BCUT2D eigenvalue weighted by atomic mass is 16.5. The fourth-order valence-corrected chi connectivity index (χ4v) is 3.64. The van der Waals surface area contributed by atoms with Gasteiger partial charge in [0.1, 0.15) is 18.4 Å². The van der Waals surface area contributed by atoms with Crippen molar-refractivity contribution in [1.82, 2.24) is 10.3 Å². The van der Waals surface area contributed by atoms with Crippen LogP contribution in [-0.4, -0.2) is 49.4 Å². The first-order valence-corrected chi connectivity index (χ1v) is 8.24. The lowest BCUT2D eigenvalue weighted by molar-refractivity contribution is -0.122. The second kappa shape index (κ2) is 5.53. The number of amidine groups is 1. The normalized spacial score (nSPS) is 25.1. The number of nitrogens with one attached hydrogen (secondary N) is 1. The third kappa shape index (κ3) is 2.47. The lowest BCUT2D eigenvalue weighted by Crippen LogP contribution is -2.55. The van der Waals surface area contributed by atoms with Gasteiger partial charge in [-0.25, -0.2) is 5.43 Å². The van der Waals surface area contributed by atoms with Gasteiger partial charge in [0.15, 0.2) is 5.84 Å². The number of ether oxygens (including phenoxy) is 1. The molecule has 3 aliphatic heterocycles. The number of piperidine rings is 1. The van der Waals surface area contributed by atoms with E-state index in [1.54, 1.807) is 0 Å². The quantitative estimate of drug-likeness (QED) is 0.854. The summed E-state index contributed by atoms with van der Waals surface area (Å²) in [6, 6.07) is 6.14. The van der Waals surface area contributed by atoms with E-state index in [0.717, 1.165) is 30.4 Å². The van der Waals surface area contributed by atoms with Crippen LogP contribution < -0.4 is 15.1 Å². The van der Waals surface area contributed by atoms with Gasteiger partial charge >= 0.3 is 0 Å². The van der Waals surface area contributed by atoms with Crippen molar-refractivity contribution in [2.45, 2.75) is 31.7 Å². The number of carbonyl (C=O) groups is 1. The zero-order chi connectivity index (χ0) is 16.0. The Balaban J connectivity index is 1.69. The number of anilines is 1. The summed E-state index contributed by atoms with van der Waals surface area (Å²) in [5.74, 6) is 2.10. The maximum Gasteiger partial charge on any atom is 0.262 e. The molecular weight excluding hydrogens is 292 g/mol. The van der Waals surface area contributed by atoms with E-state index in [9.17, 15) is 4.79 Å². The summed E-state index contributed by atoms with van der Waals surface area (Å²) in [5.41, 5.74) is 4.87. The minimum Gasteiger partial charge on any atom is -0.483 e. The van der Waals surface area contributed by atoms with Crippen molar-refractivity contribution in [3.05, 3.63) is 23.8 Å². The van der Waals surface area contributed by atoms with Crippen LogP contribution in [-0.2, 0) is 4.79 Å². The third-order valence-electron chi connectivity index (χ3n) is 5.13. The summed E-state index contributed by atoms with van der Waals surface area (Å²) in [5, 5.41) is 4.15. The minimum atomic E-state index is -0.266. The van der Waals surface area contributed by atoms with Crippen molar-refractivity contribution < 1.29 is 9.53 Å². The first-order chi connectivity index (χ1) is 11.1. The van der Waals surface area contributed by atoms with Crippen molar-refractivity contribution in [3.8, 4) is 5.75 Å². The topological polar surface area (TPSA) is 57.2 Å². The van der Waals surface area contributed by atoms with E-state index in [1.807, 2.05) is 17.9 Å². The Kier molecular flexibility index (Phi) is 3.49. The fourth-order valence-electron chi connectivity index (χ4n) is 3.64. The van der Waals surface area contributed by atoms with Crippen LogP contribution in [0.3, 0.4) is 0 Å². The van der Waals surface area contributed by atoms with Gasteiger partial charge in [-0.3, -0.25) is 4.79 Å². The lowest BCUT2D eigenvalue weighted by Gasteiger charge is -2.38. The highest BCUT2D eigenvalue weighted by Crippen LogP contribution is 2.38. The first-order valence-electron chi connectivity index (χ1n) is 8.24. The summed E-state index contributed by atoms with van der Waals surface area (Å²) in [4.78, 5) is 16.4. The highest BCUT2D eigenvalue weighted by molar-refractivity contribution is 6.09. The molecule has 4 rings (SSSR count). The first kappa shape index (κ1) is 14.5. The lowest BCUT2D eigenvalue weighted by atomic mass is 9.89. The zero-order valence-corrected chi connectivity index (χ0v) is 13.6. The maximum atomic E-state index is 12.0. The molecule has 1 aromatic rings. The highest BCUT2D eigenvalue weighted by Gasteiger charge is 2.35. The molecular formula is C17H22N4O2. The van der Waals surface area contributed by atoms with Crippen molar-refractivity contribution in [2.75, 3.05) is 31.6 Å². The summed E-state index contributed by atoms with van der Waals surface area (Å²) in [6.45, 7) is 4.56. The molecule has 1 atom stereocenters. The molecule has 122 valence electrons. The Morgan fingerprint density at radius 3 is 2.87 bits per heavy atom. The van der Waals surface area contributed by atoms with Gasteiger partial charge in [0, 0.05) is 0 Å². The Bertz CT molecular complexity index is 665. The number of hydrogen-bond acceptors (Lipinski definition) is 5. The molecule has 6 nitrogen and oxygen atoms in total. The monoisotopic (exact) mass is 314 g/mol. The molecule has 0 aliphatic carbocycles. The van der Waals surface area contributed by atoms with E-state index in [4.69, 9.17) is 4.74 Å². The van der Waals surface area contributed by atoms with Crippen LogP contribution >= 0.6 is 0 Å². The molecule has 1 fully saturated rings. The molecule has 1 amide bonds. The van der Waals surface area contributed by atoms with Crippen LogP contribution in [0.25, 0.3) is 0 Å². The standard InChI is InChI=1S/C17H22N4O2/c1-11-17(22)19-18-16-10-23-15-4-3-13(9-14(15)21(11)16)12-5-7-20(2)8-6-12/h3-4,9,11-12H,5-8,10H2,1-2H3,(H,19,22). The number of rotatable bonds is 1. The number of carbonyl (C=O) groups excluding carboxylic acids is 1. The van der Waals surface area contributed by atoms with Crippen LogP contribution in [0.15, 0.2) is 23.3 Å². The summed E-state index contributed by atoms with van der Waals surface area (Å²) in [6.07, 6.45) is 2.35. The van der Waals surface area contributed by atoms with Gasteiger partial charge in [-0.2, -0.15) is 5.10 Å². The fraction of sp³-hybridized carbons (Fsp3) is 0.529. The van der Waals surface area contributed by atoms with Gasteiger partial charge in [0.2, 0.25) is 0 Å². The van der Waals surface area contributed by atoms with Crippen molar-refractivity contribution in [1.29, 1.82) is 0 Å². The average Bonchev–Trinajstić information content (AvgIpc) is 2.58. The number of benzene rings is 1. The number of hydrazone groups is 1. The Morgan fingerprint density at radius 1 is 1.30 bits per heavy atom. The summed E-state index contributed by atoms with van der Waals surface area (Å²) in [7, 11) is 2.17. The molecule has 0 aromatic heterocycles. The number of fused-ring (bicyclic) bond motifs is 3. The maximum absolute atomic E-state index is 12.0. The third-order valence-corrected chi connectivity index (χ3v) is 5.13. The number of likely N-dealkylation sites (tertiary alicyclic amines) is 1. The van der Waals surface area contributed by atoms with E-state index < -0.39 is 0 Å². The predicted octanol–water partition coefficient (Wildman–Crippen LogP) is 1.53. The van der Waals surface area contributed by atoms with Gasteiger partial charge in [0.25, 0.3) is 5.91 Å². The van der Waals surface area contributed by atoms with Crippen LogP contribution in [0.1, 0.15) is 31.2 Å². The van der Waals surface area contributed by atoms with Crippen LogP contribution in [0, 0.1) is 0 Å². The van der Waals surface area contributed by atoms with Gasteiger partial charge in [0.05, 0.1) is 5.69 Å². The second-order valence-corrected chi connectivity index (χ2v) is 6.64. The molecule has 0 spiro atoms. The molecule has 1 aromatic carbocycles. The molecule has 0 radical (unpaired) electrons. The van der Waals surface area contributed by atoms with Gasteiger partial charge < -0.3 is 14.5 Å². The van der Waals surface area contributed by atoms with E-state index in [1.165, 1.54) is 18.4 Å². The van der Waals surface area contributed by atoms with Crippen molar-refractivity contribution in [3.63, 3.8) is 0 Å². The molecule has 6 heteroatoms. The van der Waals surface area contributed by atoms with E-state index in [-0.39, 0.29) is 11.9 Å². The summed E-state index contributed by atoms with van der Waals surface area (Å²) < 4.78 is 5.80. The second-order valence-electron chi connectivity index (χ2n) is 6.64. The zero-order valence-electron chi connectivity index (χ0n) is 13.6. The Morgan fingerprint density at radius 2 is 2.09 bits per heavy atom. The van der Waals surface area contributed by atoms with Crippen LogP contribution in [0.5, 0.6) is 5.75 Å². The molecule has 1 N–H and O–H groups in total. The van der Waals surface area contributed by atoms with Crippen molar-refractivity contribution >= 4 is 17.4 Å².